The third-order valence-electron chi connectivity index (χ3n) is 4.42. The van der Waals surface area contributed by atoms with E-state index in [-0.39, 0.29) is 0 Å². The third-order valence-corrected chi connectivity index (χ3v) is 5.96. The van der Waals surface area contributed by atoms with Crippen LogP contribution in [-0.2, 0) is 0 Å². The van der Waals surface area contributed by atoms with Crippen LogP contribution < -0.4 is 5.32 Å². The van der Waals surface area contributed by atoms with Gasteiger partial charge < -0.3 is 5.32 Å². The van der Waals surface area contributed by atoms with Crippen molar-refractivity contribution in [1.82, 2.24) is 5.32 Å². The number of nitrogens with one attached hydrogen (secondary N) is 1. The summed E-state index contributed by atoms with van der Waals surface area (Å²) >= 11 is 2.26. The highest BCUT2D eigenvalue weighted by atomic mass is 32.2. The van der Waals surface area contributed by atoms with Crippen LogP contribution >= 0.6 is 11.8 Å². The van der Waals surface area contributed by atoms with Gasteiger partial charge in [-0.1, -0.05) is 65.2 Å². The molecule has 1 fully saturated rings. The lowest BCUT2D eigenvalue weighted by Gasteiger charge is -2.24. The predicted octanol–water partition coefficient (Wildman–Crippen LogP) is 5.78. The molecule has 0 aromatic rings. The monoisotopic (exact) mass is 299 g/mol. The van der Waals surface area contributed by atoms with Crippen LogP contribution in [-0.4, -0.2) is 23.6 Å². The maximum Gasteiger partial charge on any atom is 0.0158 e. The Morgan fingerprint density at radius 1 is 0.950 bits per heavy atom. The van der Waals surface area contributed by atoms with E-state index in [9.17, 15) is 0 Å². The lowest BCUT2D eigenvalue weighted by Crippen LogP contribution is -2.32. The SMILES string of the molecule is CCCCCCCC(CSC1CCCCC1)NCCC. The van der Waals surface area contributed by atoms with E-state index in [1.807, 2.05) is 0 Å². The molecule has 0 aromatic heterocycles. The van der Waals surface area contributed by atoms with Gasteiger partial charge in [0.05, 0.1) is 0 Å². The third kappa shape index (κ3) is 9.28. The molecule has 1 N–H and O–H groups in total. The second kappa shape index (κ2) is 13.0. The molecule has 0 aromatic carbocycles. The Hall–Kier alpha value is 0.310. The van der Waals surface area contributed by atoms with E-state index in [2.05, 4.69) is 30.9 Å². The van der Waals surface area contributed by atoms with Crippen molar-refractivity contribution in [2.45, 2.75) is 102 Å². The Balaban J connectivity index is 2.13. The summed E-state index contributed by atoms with van der Waals surface area (Å²) in [7, 11) is 0. The number of hydrogen-bond donors (Lipinski definition) is 1. The van der Waals surface area contributed by atoms with E-state index in [1.165, 1.54) is 89.3 Å². The topological polar surface area (TPSA) is 12.0 Å². The Bertz CT molecular complexity index is 202. The first-order valence-electron chi connectivity index (χ1n) is 9.21. The van der Waals surface area contributed by atoms with Gasteiger partial charge in [-0.05, 0) is 32.2 Å². The number of unbranched alkanes of at least 4 members (excludes halogenated alkanes) is 4. The zero-order valence-electron chi connectivity index (χ0n) is 14.0. The highest BCUT2D eigenvalue weighted by Crippen LogP contribution is 2.29. The van der Waals surface area contributed by atoms with Crippen molar-refractivity contribution in [1.29, 1.82) is 0 Å². The van der Waals surface area contributed by atoms with Crippen molar-refractivity contribution in [2.24, 2.45) is 0 Å². The molecule has 2 heteroatoms. The smallest absolute Gasteiger partial charge is 0.0158 e. The summed E-state index contributed by atoms with van der Waals surface area (Å²) in [4.78, 5) is 0. The summed E-state index contributed by atoms with van der Waals surface area (Å²) in [6.45, 7) is 5.77. The maximum absolute atomic E-state index is 3.78. The molecule has 0 saturated heterocycles. The molecule has 0 radical (unpaired) electrons. The van der Waals surface area contributed by atoms with Crippen LogP contribution in [0.5, 0.6) is 0 Å². The Morgan fingerprint density at radius 3 is 2.40 bits per heavy atom. The van der Waals surface area contributed by atoms with Gasteiger partial charge in [0.25, 0.3) is 0 Å². The fourth-order valence-electron chi connectivity index (χ4n) is 3.07. The van der Waals surface area contributed by atoms with E-state index < -0.39 is 0 Å². The largest absolute Gasteiger partial charge is 0.313 e. The van der Waals surface area contributed by atoms with Crippen LogP contribution in [0.25, 0.3) is 0 Å². The van der Waals surface area contributed by atoms with Gasteiger partial charge in [-0.3, -0.25) is 0 Å². The Morgan fingerprint density at radius 2 is 1.70 bits per heavy atom. The zero-order valence-corrected chi connectivity index (χ0v) is 14.8. The van der Waals surface area contributed by atoms with Gasteiger partial charge in [-0.15, -0.1) is 0 Å². The van der Waals surface area contributed by atoms with Gasteiger partial charge in [0, 0.05) is 17.0 Å². The second-order valence-corrected chi connectivity index (χ2v) is 7.78. The summed E-state index contributed by atoms with van der Waals surface area (Å²) in [5, 5.41) is 4.75. The molecular weight excluding hydrogens is 262 g/mol. The molecule has 1 aliphatic rings. The molecule has 20 heavy (non-hydrogen) atoms. The van der Waals surface area contributed by atoms with Crippen molar-refractivity contribution in [3.05, 3.63) is 0 Å². The second-order valence-electron chi connectivity index (χ2n) is 6.45. The molecule has 120 valence electrons. The lowest BCUT2D eigenvalue weighted by molar-refractivity contribution is 0.481. The first kappa shape index (κ1) is 18.4. The Labute approximate surface area is 132 Å². The van der Waals surface area contributed by atoms with Gasteiger partial charge in [0.15, 0.2) is 0 Å². The minimum Gasteiger partial charge on any atom is -0.313 e. The van der Waals surface area contributed by atoms with E-state index >= 15 is 0 Å². The summed E-state index contributed by atoms with van der Waals surface area (Å²) in [6, 6.07) is 0.767. The number of rotatable bonds is 12. The molecule has 1 aliphatic carbocycles. The normalized spacial score (nSPS) is 18.3. The zero-order chi connectivity index (χ0) is 14.5. The van der Waals surface area contributed by atoms with Crippen LogP contribution in [0.15, 0.2) is 0 Å². The molecule has 0 amide bonds. The van der Waals surface area contributed by atoms with Crippen molar-refractivity contribution in [3.63, 3.8) is 0 Å². The summed E-state index contributed by atoms with van der Waals surface area (Å²) < 4.78 is 0. The van der Waals surface area contributed by atoms with E-state index in [4.69, 9.17) is 0 Å². The molecule has 1 atom stereocenters. The minimum absolute atomic E-state index is 0.767. The first-order valence-corrected chi connectivity index (χ1v) is 10.3. The lowest BCUT2D eigenvalue weighted by atomic mass is 10.0. The summed E-state index contributed by atoms with van der Waals surface area (Å²) in [5.41, 5.74) is 0. The standard InChI is InChI=1S/C18H37NS/c1-3-5-6-7-9-12-17(19-15-4-2)16-20-18-13-10-8-11-14-18/h17-19H,3-16H2,1-2H3. The molecule has 1 nitrogen and oxygen atoms in total. The van der Waals surface area contributed by atoms with Gasteiger partial charge in [0.1, 0.15) is 0 Å². The predicted molar refractivity (Wildman–Crippen MR) is 94.8 cm³/mol. The van der Waals surface area contributed by atoms with Crippen molar-refractivity contribution >= 4 is 11.8 Å². The van der Waals surface area contributed by atoms with Gasteiger partial charge in [0.2, 0.25) is 0 Å². The van der Waals surface area contributed by atoms with Crippen LogP contribution in [0.2, 0.25) is 0 Å². The average Bonchev–Trinajstić information content (AvgIpc) is 2.50. The number of thioether (sulfide) groups is 1. The number of hydrogen-bond acceptors (Lipinski definition) is 2. The van der Waals surface area contributed by atoms with Crippen LogP contribution in [0, 0.1) is 0 Å². The molecule has 1 saturated carbocycles. The van der Waals surface area contributed by atoms with Crippen LogP contribution in [0.4, 0.5) is 0 Å². The van der Waals surface area contributed by atoms with E-state index in [0.717, 1.165) is 11.3 Å². The molecule has 0 aliphatic heterocycles. The summed E-state index contributed by atoms with van der Waals surface area (Å²) in [5.74, 6) is 1.35. The highest BCUT2D eigenvalue weighted by molar-refractivity contribution is 7.99. The average molecular weight is 300 g/mol. The van der Waals surface area contributed by atoms with Gasteiger partial charge in [-0.2, -0.15) is 11.8 Å². The Kier molecular flexibility index (Phi) is 11.9. The molecule has 0 heterocycles. The summed E-state index contributed by atoms with van der Waals surface area (Å²) in [6.07, 6.45) is 17.1. The minimum atomic E-state index is 0.767. The molecule has 0 bridgehead atoms. The quantitative estimate of drug-likeness (QED) is 0.458. The van der Waals surface area contributed by atoms with Crippen molar-refractivity contribution < 1.29 is 0 Å². The van der Waals surface area contributed by atoms with Crippen molar-refractivity contribution in [2.75, 3.05) is 12.3 Å². The van der Waals surface area contributed by atoms with Gasteiger partial charge in [-0.25, -0.2) is 0 Å². The molecule has 1 rings (SSSR count). The molecular formula is C18H37NS. The van der Waals surface area contributed by atoms with E-state index in [0.29, 0.717) is 0 Å². The van der Waals surface area contributed by atoms with E-state index in [1.54, 1.807) is 0 Å². The molecule has 0 spiro atoms. The van der Waals surface area contributed by atoms with Gasteiger partial charge >= 0.3 is 0 Å². The van der Waals surface area contributed by atoms with Crippen LogP contribution in [0.1, 0.15) is 90.9 Å². The molecule has 1 unspecified atom stereocenters. The van der Waals surface area contributed by atoms with Crippen LogP contribution in [0.3, 0.4) is 0 Å². The first-order chi connectivity index (χ1) is 9.86. The maximum atomic E-state index is 3.78. The highest BCUT2D eigenvalue weighted by Gasteiger charge is 2.16. The fraction of sp³-hybridized carbons (Fsp3) is 1.00. The fourth-order valence-corrected chi connectivity index (χ4v) is 4.53. The van der Waals surface area contributed by atoms with Crippen molar-refractivity contribution in [3.8, 4) is 0 Å².